The first-order valence-electron chi connectivity index (χ1n) is 10.1. The Morgan fingerprint density at radius 1 is 0.853 bits per heavy atom. The first kappa shape index (κ1) is 34.3. The fraction of sp³-hybridized carbons (Fsp3) is 0.500. The van der Waals surface area contributed by atoms with Crippen molar-refractivity contribution in [3.05, 3.63) is 56.0 Å². The summed E-state index contributed by atoms with van der Waals surface area (Å²) >= 11 is 6.46. The van der Waals surface area contributed by atoms with E-state index in [1.165, 1.54) is 0 Å². The number of hydrogen-bond acceptors (Lipinski definition) is 7. The molecule has 0 spiro atoms. The highest BCUT2D eigenvalue weighted by atomic mass is 79.9. The van der Waals surface area contributed by atoms with E-state index in [1.54, 1.807) is 27.2 Å². The smallest absolute Gasteiger partial charge is 0.357 e. The number of hydrogen-bond donors (Lipinski definition) is 1. The summed E-state index contributed by atoms with van der Waals surface area (Å²) in [5.74, 6) is -0.870. The van der Waals surface area contributed by atoms with Crippen LogP contribution in [-0.2, 0) is 27.1 Å². The summed E-state index contributed by atoms with van der Waals surface area (Å²) in [6.07, 6.45) is 3.20. The molecular weight excluding hydrogens is 570 g/mol. The van der Waals surface area contributed by atoms with E-state index in [0.717, 1.165) is 36.8 Å². The van der Waals surface area contributed by atoms with Gasteiger partial charge in [-0.15, -0.1) is 0 Å². The van der Waals surface area contributed by atoms with Crippen LogP contribution < -0.4 is 5.73 Å². The van der Waals surface area contributed by atoms with Crippen LogP contribution in [0.3, 0.4) is 0 Å². The molecule has 0 aliphatic heterocycles. The summed E-state index contributed by atoms with van der Waals surface area (Å²) in [6.45, 7) is 3.46. The van der Waals surface area contributed by atoms with Gasteiger partial charge in [-0.2, -0.15) is 0 Å². The number of aromatic nitrogens is 2. The second-order valence-electron chi connectivity index (χ2n) is 6.56. The van der Waals surface area contributed by atoms with Gasteiger partial charge in [-0.3, -0.25) is 4.79 Å². The highest BCUT2D eigenvalue weighted by Crippen LogP contribution is 2.16. The quantitative estimate of drug-likeness (QED) is 0.207. The molecule has 2 N–H and O–H groups in total. The predicted octanol–water partition coefficient (Wildman–Crippen LogP) is 5.39. The average Bonchev–Trinajstić information content (AvgIpc) is 2.76. The van der Waals surface area contributed by atoms with Crippen molar-refractivity contribution < 1.29 is 23.8 Å². The van der Waals surface area contributed by atoms with Crippen molar-refractivity contribution in [1.82, 2.24) is 9.97 Å². The van der Waals surface area contributed by atoms with Gasteiger partial charge in [0.25, 0.3) is 5.91 Å². The van der Waals surface area contributed by atoms with E-state index in [-0.39, 0.29) is 20.8 Å². The van der Waals surface area contributed by atoms with Crippen LogP contribution in [-0.4, -0.2) is 55.9 Å². The van der Waals surface area contributed by atoms with Crippen LogP contribution in [0.5, 0.6) is 0 Å². The number of amides is 1. The van der Waals surface area contributed by atoms with E-state index in [9.17, 15) is 9.59 Å². The molecule has 2 rings (SSSR count). The zero-order valence-corrected chi connectivity index (χ0v) is 21.7. The maximum Gasteiger partial charge on any atom is 0.357 e. The summed E-state index contributed by atoms with van der Waals surface area (Å²) in [5, 5.41) is 0. The molecule has 0 atom stereocenters. The highest BCUT2D eigenvalue weighted by molar-refractivity contribution is 9.10. The van der Waals surface area contributed by atoms with Crippen LogP contribution >= 0.6 is 31.9 Å². The summed E-state index contributed by atoms with van der Waals surface area (Å²) in [7, 11) is 3.31. The number of primary amides is 1. The topological polar surface area (TPSA) is 114 Å². The number of nitrogens with two attached hydrogens (primary N) is 1. The zero-order valence-electron chi connectivity index (χ0n) is 18.5. The number of methoxy groups -OCH3 is 2. The minimum absolute atomic E-state index is 0. The van der Waals surface area contributed by atoms with Crippen LogP contribution in [0.15, 0.2) is 33.5 Å². The average molecular weight is 607 g/mol. The van der Waals surface area contributed by atoms with E-state index in [0.29, 0.717) is 40.4 Å². The van der Waals surface area contributed by atoms with Crippen molar-refractivity contribution in [2.75, 3.05) is 34.0 Å². The van der Waals surface area contributed by atoms with Crippen molar-refractivity contribution in [3.8, 4) is 0 Å². The lowest BCUT2D eigenvalue weighted by molar-refractivity contribution is 0.0517. The Morgan fingerprint density at radius 2 is 1.29 bits per heavy atom. The molecule has 2 heterocycles. The van der Waals surface area contributed by atoms with Gasteiger partial charge in [0.15, 0.2) is 5.69 Å². The second-order valence-corrected chi connectivity index (χ2v) is 8.19. The minimum Gasteiger partial charge on any atom is -0.461 e. The molecule has 2 aromatic heterocycles. The molecule has 1 amide bonds. The van der Waals surface area contributed by atoms with Gasteiger partial charge < -0.3 is 19.9 Å². The molecule has 2 aromatic rings. The van der Waals surface area contributed by atoms with Crippen LogP contribution in [0, 0.1) is 0 Å². The van der Waals surface area contributed by atoms with Gasteiger partial charge >= 0.3 is 5.97 Å². The van der Waals surface area contributed by atoms with E-state index >= 15 is 0 Å². The van der Waals surface area contributed by atoms with Gasteiger partial charge in [0.1, 0.15) is 14.9 Å². The van der Waals surface area contributed by atoms with Gasteiger partial charge in [0.05, 0.1) is 6.61 Å². The lowest BCUT2D eigenvalue weighted by Gasteiger charge is -2.08. The monoisotopic (exact) mass is 605 g/mol. The van der Waals surface area contributed by atoms with Gasteiger partial charge in [-0.25, -0.2) is 14.8 Å². The zero-order chi connectivity index (χ0) is 23.9. The fourth-order valence-corrected chi connectivity index (χ4v) is 3.35. The first-order valence-corrected chi connectivity index (χ1v) is 11.7. The number of carbonyl (C=O) groups is 2. The van der Waals surface area contributed by atoms with Crippen LogP contribution in [0.4, 0.5) is 0 Å². The number of halogens is 2. The molecular formula is C24H37Br2N3O5. The van der Waals surface area contributed by atoms with Crippen molar-refractivity contribution >= 4 is 43.7 Å². The van der Waals surface area contributed by atoms with Gasteiger partial charge in [0, 0.05) is 27.4 Å². The Bertz CT molecular complexity index is 882. The minimum atomic E-state index is -0.497. The molecule has 0 radical (unpaired) electrons. The molecule has 0 aliphatic rings. The molecule has 0 bridgehead atoms. The van der Waals surface area contributed by atoms with E-state index < -0.39 is 5.91 Å². The Hall–Kier alpha value is -1.88. The predicted molar refractivity (Wildman–Crippen MR) is 142 cm³/mol. The number of aryl methyl sites for hydroxylation is 2. The van der Waals surface area contributed by atoms with E-state index in [2.05, 4.69) is 41.8 Å². The first-order chi connectivity index (χ1) is 15.3. The molecule has 0 saturated heterocycles. The largest absolute Gasteiger partial charge is 0.461 e. The maximum absolute atomic E-state index is 11.7. The third-order valence-electron chi connectivity index (χ3n) is 4.18. The number of carbonyl (C=O) groups excluding carboxylic acids is 2. The molecule has 34 heavy (non-hydrogen) atoms. The molecule has 0 saturated carbocycles. The van der Waals surface area contributed by atoms with Gasteiger partial charge in [-0.05, 0) is 87.7 Å². The third-order valence-corrected chi connectivity index (χ3v) is 5.06. The van der Waals surface area contributed by atoms with Crippen molar-refractivity contribution in [2.45, 2.75) is 47.5 Å². The lowest BCUT2D eigenvalue weighted by atomic mass is 10.1. The Kier molecular flexibility index (Phi) is 19.6. The summed E-state index contributed by atoms with van der Waals surface area (Å²) < 4.78 is 16.2. The number of pyridine rings is 2. The van der Waals surface area contributed by atoms with Gasteiger partial charge in [0.2, 0.25) is 0 Å². The van der Waals surface area contributed by atoms with E-state index in [1.807, 2.05) is 18.2 Å². The maximum atomic E-state index is 11.7. The molecule has 192 valence electrons. The van der Waals surface area contributed by atoms with Crippen LogP contribution in [0.25, 0.3) is 0 Å². The molecule has 10 heteroatoms. The Labute approximate surface area is 220 Å². The summed E-state index contributed by atoms with van der Waals surface area (Å²) in [6, 6.07) is 7.37. The summed E-state index contributed by atoms with van der Waals surface area (Å²) in [5.41, 5.74) is 7.71. The SMILES string of the molecule is C.C.CCOC(=O)c1nc(Br)ccc1CCCOC.COCCCc1ccc(Br)nc1C(N)=O. The molecule has 0 unspecified atom stereocenters. The van der Waals surface area contributed by atoms with Crippen molar-refractivity contribution in [2.24, 2.45) is 5.73 Å². The normalized spacial score (nSPS) is 9.68. The van der Waals surface area contributed by atoms with E-state index in [4.69, 9.17) is 19.9 Å². The molecule has 8 nitrogen and oxygen atoms in total. The van der Waals surface area contributed by atoms with Crippen LogP contribution in [0.2, 0.25) is 0 Å². The lowest BCUT2D eigenvalue weighted by Crippen LogP contribution is -2.16. The fourth-order valence-electron chi connectivity index (χ4n) is 2.74. The Morgan fingerprint density at radius 3 is 1.71 bits per heavy atom. The third kappa shape index (κ3) is 12.5. The number of nitrogens with zero attached hydrogens (tertiary/aromatic N) is 2. The number of ether oxygens (including phenoxy) is 3. The molecule has 0 fully saturated rings. The number of esters is 1. The van der Waals surface area contributed by atoms with Crippen LogP contribution in [0.1, 0.15) is 66.7 Å². The second kappa shape index (κ2) is 19.4. The molecule has 0 aliphatic carbocycles. The standard InChI is InChI=1S/C12H16BrNO3.C10H13BrN2O2.2CH4/c1-3-17-12(15)11-9(5-4-8-16-2)6-7-10(13)14-11;1-15-6-2-3-7-4-5-8(11)13-9(7)10(12)14;;/h6-7H,3-5,8H2,1-2H3;4-5H,2-3,6H2,1H3,(H2,12,14);2*1H4. The Balaban J connectivity index is 0. The van der Waals surface area contributed by atoms with Gasteiger partial charge in [-0.1, -0.05) is 27.0 Å². The highest BCUT2D eigenvalue weighted by Gasteiger charge is 2.14. The van der Waals surface area contributed by atoms with Crippen molar-refractivity contribution in [3.63, 3.8) is 0 Å². The number of rotatable bonds is 11. The summed E-state index contributed by atoms with van der Waals surface area (Å²) in [4.78, 5) is 31.1. The molecule has 0 aromatic carbocycles. The van der Waals surface area contributed by atoms with Crippen molar-refractivity contribution in [1.29, 1.82) is 0 Å².